The van der Waals surface area contributed by atoms with Crippen molar-refractivity contribution >= 4 is 58.0 Å². The molecule has 1 unspecified atom stereocenters. The Kier molecular flexibility index (Phi) is 8.35. The average molecular weight is 538 g/mol. The lowest BCUT2D eigenvalue weighted by Crippen LogP contribution is -2.43. The van der Waals surface area contributed by atoms with Gasteiger partial charge >= 0.3 is 0 Å². The molecule has 2 saturated heterocycles. The largest absolute Gasteiger partial charge is 0.377 e. The van der Waals surface area contributed by atoms with Gasteiger partial charge in [-0.1, -0.05) is 40.9 Å². The van der Waals surface area contributed by atoms with Gasteiger partial charge in [0.25, 0.3) is 0 Å². The minimum absolute atomic E-state index is 0.0271. The minimum atomic E-state index is -0.0577. The van der Waals surface area contributed by atoms with E-state index in [1.807, 2.05) is 36.1 Å². The van der Waals surface area contributed by atoms with Crippen LogP contribution >= 0.6 is 34.8 Å². The van der Waals surface area contributed by atoms with Gasteiger partial charge in [0.2, 0.25) is 11.8 Å². The maximum Gasteiger partial charge on any atom is 0.225 e. The Morgan fingerprint density at radius 2 is 1.71 bits per heavy atom. The molecule has 2 fully saturated rings. The Labute approximate surface area is 221 Å². The summed E-state index contributed by atoms with van der Waals surface area (Å²) in [6, 6.07) is 11.5. The third-order valence-electron chi connectivity index (χ3n) is 6.87. The fraction of sp³-hybridized carbons (Fsp3) is 0.462. The molecule has 6 nitrogen and oxygen atoms in total. The number of carbonyl (C=O) groups is 2. The number of rotatable bonds is 6. The zero-order valence-electron chi connectivity index (χ0n) is 20.0. The van der Waals surface area contributed by atoms with Crippen LogP contribution in [-0.2, 0) is 9.59 Å². The smallest absolute Gasteiger partial charge is 0.225 e. The van der Waals surface area contributed by atoms with E-state index in [4.69, 9.17) is 34.8 Å². The lowest BCUT2D eigenvalue weighted by molar-refractivity contribution is -0.135. The van der Waals surface area contributed by atoms with Gasteiger partial charge in [0.05, 0.1) is 16.8 Å². The molecule has 0 saturated carbocycles. The topological polar surface area (TPSA) is 64.7 Å². The van der Waals surface area contributed by atoms with Crippen molar-refractivity contribution in [3.8, 4) is 0 Å². The van der Waals surface area contributed by atoms with Crippen LogP contribution in [0.5, 0.6) is 0 Å². The summed E-state index contributed by atoms with van der Waals surface area (Å²) in [5, 5.41) is 8.25. The number of likely N-dealkylation sites (tertiary alicyclic amines) is 1. The van der Waals surface area contributed by atoms with Gasteiger partial charge in [0, 0.05) is 60.8 Å². The van der Waals surface area contributed by atoms with E-state index in [-0.39, 0.29) is 29.8 Å². The van der Waals surface area contributed by atoms with E-state index in [2.05, 4.69) is 21.6 Å². The molecule has 0 spiro atoms. The standard InChI is InChI=1S/C26H31Cl3N4O2/c1-16(22-5-3-19(27)13-24(22)29)30-25-14-21(4-6-23(25)28)32-10-7-18(8-11-32)26(35)33-12-9-20(15-33)31-17(2)34/h3-6,13-14,16,18,20,30H,7-12,15H2,1-2H3,(H,31,34)/t16?,20-/m0/s1. The Morgan fingerprint density at radius 1 is 0.971 bits per heavy atom. The summed E-state index contributed by atoms with van der Waals surface area (Å²) < 4.78 is 0. The summed E-state index contributed by atoms with van der Waals surface area (Å²) in [4.78, 5) is 28.5. The second-order valence-corrected chi connectivity index (χ2v) is 10.7. The Hall–Kier alpha value is -2.15. The molecule has 0 bridgehead atoms. The van der Waals surface area contributed by atoms with Crippen LogP contribution in [0.1, 0.15) is 44.7 Å². The fourth-order valence-corrected chi connectivity index (χ4v) is 5.74. The van der Waals surface area contributed by atoms with E-state index in [0.29, 0.717) is 28.2 Å². The first-order valence-corrected chi connectivity index (χ1v) is 13.2. The van der Waals surface area contributed by atoms with Crippen LogP contribution in [0.2, 0.25) is 15.1 Å². The molecule has 0 radical (unpaired) electrons. The van der Waals surface area contributed by atoms with E-state index in [0.717, 1.165) is 49.3 Å². The van der Waals surface area contributed by atoms with Crippen LogP contribution in [0.3, 0.4) is 0 Å². The second kappa shape index (κ2) is 11.3. The normalized spacial score (nSPS) is 19.5. The lowest BCUT2D eigenvalue weighted by Gasteiger charge is -2.35. The van der Waals surface area contributed by atoms with Gasteiger partial charge in [-0.3, -0.25) is 9.59 Å². The summed E-state index contributed by atoms with van der Waals surface area (Å²) in [5.41, 5.74) is 2.85. The van der Waals surface area contributed by atoms with Gasteiger partial charge in [-0.15, -0.1) is 0 Å². The number of anilines is 2. The average Bonchev–Trinajstić information content (AvgIpc) is 3.28. The number of piperidine rings is 1. The van der Waals surface area contributed by atoms with Crippen molar-refractivity contribution in [2.75, 3.05) is 36.4 Å². The van der Waals surface area contributed by atoms with E-state index >= 15 is 0 Å². The van der Waals surface area contributed by atoms with Crippen LogP contribution in [0.15, 0.2) is 36.4 Å². The van der Waals surface area contributed by atoms with Crippen molar-refractivity contribution in [3.63, 3.8) is 0 Å². The van der Waals surface area contributed by atoms with Crippen LogP contribution in [0.4, 0.5) is 11.4 Å². The summed E-state index contributed by atoms with van der Waals surface area (Å²) in [6.07, 6.45) is 2.44. The van der Waals surface area contributed by atoms with E-state index in [1.165, 1.54) is 6.92 Å². The molecule has 2 aliphatic rings. The summed E-state index contributed by atoms with van der Waals surface area (Å²) in [7, 11) is 0. The predicted molar refractivity (Wildman–Crippen MR) is 144 cm³/mol. The Balaban J connectivity index is 1.36. The third kappa shape index (κ3) is 6.35. The number of nitrogens with one attached hydrogen (secondary N) is 2. The molecule has 0 aromatic heterocycles. The predicted octanol–water partition coefficient (Wildman–Crippen LogP) is 5.77. The van der Waals surface area contributed by atoms with Crippen molar-refractivity contribution in [1.29, 1.82) is 0 Å². The highest BCUT2D eigenvalue weighted by Crippen LogP contribution is 2.34. The Bertz CT molecular complexity index is 1090. The summed E-state index contributed by atoms with van der Waals surface area (Å²) in [5.74, 6) is 0.198. The van der Waals surface area contributed by atoms with Crippen molar-refractivity contribution in [3.05, 3.63) is 57.0 Å². The molecule has 2 amide bonds. The van der Waals surface area contributed by atoms with Gasteiger partial charge in [-0.25, -0.2) is 0 Å². The monoisotopic (exact) mass is 536 g/mol. The minimum Gasteiger partial charge on any atom is -0.377 e. The molecular weight excluding hydrogens is 507 g/mol. The second-order valence-electron chi connectivity index (χ2n) is 9.43. The van der Waals surface area contributed by atoms with Gasteiger partial charge in [0.1, 0.15) is 0 Å². The van der Waals surface area contributed by atoms with Crippen LogP contribution in [0.25, 0.3) is 0 Å². The van der Waals surface area contributed by atoms with E-state index in [9.17, 15) is 9.59 Å². The first-order chi connectivity index (χ1) is 16.7. The Morgan fingerprint density at radius 3 is 2.40 bits per heavy atom. The maximum atomic E-state index is 13.0. The highest BCUT2D eigenvalue weighted by Gasteiger charge is 2.33. The van der Waals surface area contributed by atoms with E-state index < -0.39 is 0 Å². The van der Waals surface area contributed by atoms with Crippen LogP contribution in [-0.4, -0.2) is 48.9 Å². The van der Waals surface area contributed by atoms with Gasteiger partial charge in [0.15, 0.2) is 0 Å². The van der Waals surface area contributed by atoms with Gasteiger partial charge < -0.3 is 20.4 Å². The lowest BCUT2D eigenvalue weighted by atomic mass is 9.95. The molecule has 2 aromatic carbocycles. The molecule has 188 valence electrons. The molecule has 2 aromatic rings. The fourth-order valence-electron chi connectivity index (χ4n) is 4.99. The van der Waals surface area contributed by atoms with Crippen LogP contribution < -0.4 is 15.5 Å². The number of benzene rings is 2. The summed E-state index contributed by atoms with van der Waals surface area (Å²) in [6.45, 7) is 6.49. The molecule has 35 heavy (non-hydrogen) atoms. The quantitative estimate of drug-likeness (QED) is 0.491. The van der Waals surface area contributed by atoms with Crippen molar-refractivity contribution in [2.24, 2.45) is 5.92 Å². The number of hydrogen-bond donors (Lipinski definition) is 2. The number of nitrogens with zero attached hydrogens (tertiary/aromatic N) is 2. The molecule has 0 aliphatic carbocycles. The highest BCUT2D eigenvalue weighted by atomic mass is 35.5. The molecule has 2 aliphatic heterocycles. The van der Waals surface area contributed by atoms with Gasteiger partial charge in [-0.2, -0.15) is 0 Å². The third-order valence-corrected chi connectivity index (χ3v) is 7.76. The number of carbonyl (C=O) groups excluding carboxylic acids is 2. The van der Waals surface area contributed by atoms with Crippen LogP contribution in [0, 0.1) is 5.92 Å². The molecule has 9 heteroatoms. The van der Waals surface area contributed by atoms with Crippen molar-refractivity contribution in [1.82, 2.24) is 10.2 Å². The van der Waals surface area contributed by atoms with Gasteiger partial charge in [-0.05, 0) is 62.1 Å². The maximum absolute atomic E-state index is 13.0. The molecule has 4 rings (SSSR count). The molecular formula is C26H31Cl3N4O2. The highest BCUT2D eigenvalue weighted by molar-refractivity contribution is 6.35. The molecule has 2 heterocycles. The first-order valence-electron chi connectivity index (χ1n) is 12.0. The number of hydrogen-bond acceptors (Lipinski definition) is 4. The molecule has 2 atom stereocenters. The SMILES string of the molecule is CC(=O)N[C@H]1CCN(C(=O)C2CCN(c3ccc(Cl)c(NC(C)c4ccc(Cl)cc4Cl)c3)CC2)C1. The molecule has 2 N–H and O–H groups in total. The zero-order valence-corrected chi connectivity index (χ0v) is 22.3. The van der Waals surface area contributed by atoms with Crippen molar-refractivity contribution < 1.29 is 9.59 Å². The van der Waals surface area contributed by atoms with Crippen molar-refractivity contribution in [2.45, 2.75) is 45.2 Å². The first kappa shape index (κ1) is 25.9. The number of halogens is 3. The zero-order chi connectivity index (χ0) is 25.1. The van der Waals surface area contributed by atoms with E-state index in [1.54, 1.807) is 6.07 Å². The summed E-state index contributed by atoms with van der Waals surface area (Å²) >= 11 is 18.9. The number of amides is 2.